The highest BCUT2D eigenvalue weighted by atomic mass is 32.1. The Balaban J connectivity index is 2.18. The Morgan fingerprint density at radius 2 is 2.20 bits per heavy atom. The van der Waals surface area contributed by atoms with Gasteiger partial charge in [-0.05, 0) is 26.2 Å². The van der Waals surface area contributed by atoms with E-state index in [4.69, 9.17) is 12.2 Å². The second-order valence-corrected chi connectivity index (χ2v) is 5.76. The molecule has 1 aliphatic rings. The predicted octanol–water partition coefficient (Wildman–Crippen LogP) is 1.81. The molecule has 1 amide bonds. The molecule has 6 heteroatoms. The van der Waals surface area contributed by atoms with Crippen LogP contribution < -0.4 is 10.6 Å². The van der Waals surface area contributed by atoms with Crippen molar-refractivity contribution in [1.29, 1.82) is 0 Å². The summed E-state index contributed by atoms with van der Waals surface area (Å²) < 4.78 is 0. The highest BCUT2D eigenvalue weighted by Gasteiger charge is 2.23. The number of terminal acetylenes is 1. The van der Waals surface area contributed by atoms with Crippen LogP contribution in [0.1, 0.15) is 35.9 Å². The van der Waals surface area contributed by atoms with E-state index >= 15 is 0 Å². The summed E-state index contributed by atoms with van der Waals surface area (Å²) >= 11 is 1.37. The molecule has 1 aliphatic heterocycles. The van der Waals surface area contributed by atoms with Crippen LogP contribution in [-0.2, 0) is 0 Å². The lowest BCUT2D eigenvalue weighted by atomic mass is 10.1. The number of piperidine rings is 1. The molecular weight excluding hydrogens is 272 g/mol. The first-order chi connectivity index (χ1) is 9.67. The monoisotopic (exact) mass is 292 g/mol. The van der Waals surface area contributed by atoms with Gasteiger partial charge in [0.25, 0.3) is 5.91 Å². The molecule has 1 fully saturated rings. The quantitative estimate of drug-likeness (QED) is 0.860. The average molecular weight is 292 g/mol. The Hall–Kier alpha value is -1.74. The fraction of sp³-hybridized carbons (Fsp3) is 0.571. The molecule has 1 saturated heterocycles. The zero-order valence-corrected chi connectivity index (χ0v) is 12.6. The number of amides is 1. The van der Waals surface area contributed by atoms with Crippen LogP contribution in [0.15, 0.2) is 0 Å². The van der Waals surface area contributed by atoms with Crippen molar-refractivity contribution in [3.8, 4) is 12.3 Å². The minimum Gasteiger partial charge on any atom is -0.382 e. The minimum atomic E-state index is -0.122. The highest BCUT2D eigenvalue weighted by molar-refractivity contribution is 7.18. The molecule has 2 N–H and O–H groups in total. The molecule has 0 aliphatic carbocycles. The molecule has 1 aromatic heterocycles. The molecule has 0 aromatic carbocycles. The van der Waals surface area contributed by atoms with Gasteiger partial charge in [-0.25, -0.2) is 4.98 Å². The van der Waals surface area contributed by atoms with Gasteiger partial charge in [0.05, 0.1) is 6.54 Å². The van der Waals surface area contributed by atoms with E-state index in [2.05, 4.69) is 15.8 Å². The van der Waals surface area contributed by atoms with Crippen molar-refractivity contribution in [2.45, 2.75) is 26.2 Å². The number of nitrogens with zero attached hydrogens (tertiary/aromatic N) is 3. The SMILES string of the molecule is C#CCN(CC)C(=O)c1sc(N2CCCCC2)nc1N. The lowest BCUT2D eigenvalue weighted by molar-refractivity contribution is 0.0790. The number of nitrogen functional groups attached to an aromatic ring is 1. The lowest BCUT2D eigenvalue weighted by Gasteiger charge is -2.25. The zero-order chi connectivity index (χ0) is 14.5. The molecule has 2 heterocycles. The van der Waals surface area contributed by atoms with E-state index in [1.807, 2.05) is 6.92 Å². The third-order valence-corrected chi connectivity index (χ3v) is 4.53. The van der Waals surface area contributed by atoms with Crippen molar-refractivity contribution in [2.75, 3.05) is 36.8 Å². The van der Waals surface area contributed by atoms with Crippen LogP contribution in [0, 0.1) is 12.3 Å². The number of anilines is 2. The summed E-state index contributed by atoms with van der Waals surface area (Å²) in [6.45, 7) is 4.74. The van der Waals surface area contributed by atoms with Gasteiger partial charge in [-0.1, -0.05) is 17.3 Å². The van der Waals surface area contributed by atoms with Crippen molar-refractivity contribution in [3.05, 3.63) is 4.88 Å². The van der Waals surface area contributed by atoms with Crippen LogP contribution in [0.3, 0.4) is 0 Å². The summed E-state index contributed by atoms with van der Waals surface area (Å²) in [5.41, 5.74) is 5.91. The van der Waals surface area contributed by atoms with Gasteiger partial charge in [-0.15, -0.1) is 6.42 Å². The van der Waals surface area contributed by atoms with E-state index in [1.165, 1.54) is 30.6 Å². The first-order valence-corrected chi connectivity index (χ1v) is 7.73. The number of thiazole rings is 1. The summed E-state index contributed by atoms with van der Waals surface area (Å²) in [5.74, 6) is 2.69. The third-order valence-electron chi connectivity index (χ3n) is 3.41. The van der Waals surface area contributed by atoms with Gasteiger partial charge in [-0.3, -0.25) is 4.79 Å². The highest BCUT2D eigenvalue weighted by Crippen LogP contribution is 2.30. The number of carbonyl (C=O) groups excluding carboxylic acids is 1. The maximum Gasteiger partial charge on any atom is 0.268 e. The molecule has 0 unspecified atom stereocenters. The van der Waals surface area contributed by atoms with Gasteiger partial charge >= 0.3 is 0 Å². The molecule has 0 atom stereocenters. The lowest BCUT2D eigenvalue weighted by Crippen LogP contribution is -2.31. The standard InChI is InChI=1S/C14H20N4OS/c1-3-8-17(4-2)13(19)11-12(15)16-14(20-11)18-9-6-5-7-10-18/h1H,4-10,15H2,2H3. The smallest absolute Gasteiger partial charge is 0.268 e. The van der Waals surface area contributed by atoms with E-state index in [0.29, 0.717) is 23.8 Å². The molecule has 0 bridgehead atoms. The van der Waals surface area contributed by atoms with Gasteiger partial charge in [0, 0.05) is 19.6 Å². The Bertz CT molecular complexity index is 514. The van der Waals surface area contributed by atoms with Crippen LogP contribution in [-0.4, -0.2) is 42.0 Å². The summed E-state index contributed by atoms with van der Waals surface area (Å²) in [6.07, 6.45) is 8.88. The second kappa shape index (κ2) is 6.62. The molecule has 1 aromatic rings. The first-order valence-electron chi connectivity index (χ1n) is 6.91. The Morgan fingerprint density at radius 1 is 1.50 bits per heavy atom. The molecule has 5 nitrogen and oxygen atoms in total. The number of aromatic nitrogens is 1. The minimum absolute atomic E-state index is 0.122. The number of hydrogen-bond donors (Lipinski definition) is 1. The summed E-state index contributed by atoms with van der Waals surface area (Å²) in [4.78, 5) is 21.1. The maximum atomic E-state index is 12.4. The van der Waals surface area contributed by atoms with E-state index in [0.717, 1.165) is 18.2 Å². The van der Waals surface area contributed by atoms with Crippen LogP contribution in [0.5, 0.6) is 0 Å². The van der Waals surface area contributed by atoms with Crippen molar-refractivity contribution in [1.82, 2.24) is 9.88 Å². The Morgan fingerprint density at radius 3 is 2.80 bits per heavy atom. The van der Waals surface area contributed by atoms with Crippen molar-refractivity contribution in [2.24, 2.45) is 0 Å². The molecule has 2 rings (SSSR count). The topological polar surface area (TPSA) is 62.5 Å². The number of nitrogens with two attached hydrogens (primary N) is 1. The van der Waals surface area contributed by atoms with E-state index in [1.54, 1.807) is 4.90 Å². The van der Waals surface area contributed by atoms with Gasteiger partial charge in [0.2, 0.25) is 0 Å². The fourth-order valence-corrected chi connectivity index (χ4v) is 3.28. The van der Waals surface area contributed by atoms with Gasteiger partial charge in [0.15, 0.2) is 5.13 Å². The number of hydrogen-bond acceptors (Lipinski definition) is 5. The van der Waals surface area contributed by atoms with Crippen LogP contribution in [0.2, 0.25) is 0 Å². The van der Waals surface area contributed by atoms with Gasteiger partial charge in [0.1, 0.15) is 10.7 Å². The Kier molecular flexibility index (Phi) is 4.85. The van der Waals surface area contributed by atoms with Crippen molar-refractivity contribution < 1.29 is 4.79 Å². The first kappa shape index (κ1) is 14.7. The molecule has 0 radical (unpaired) electrons. The summed E-state index contributed by atoms with van der Waals surface area (Å²) in [6, 6.07) is 0. The Labute approximate surface area is 123 Å². The normalized spacial score (nSPS) is 14.9. The van der Waals surface area contributed by atoms with E-state index in [9.17, 15) is 4.79 Å². The largest absolute Gasteiger partial charge is 0.382 e. The van der Waals surface area contributed by atoms with Crippen LogP contribution >= 0.6 is 11.3 Å². The molecular formula is C14H20N4OS. The summed E-state index contributed by atoms with van der Waals surface area (Å²) in [5, 5.41) is 0.849. The molecule has 20 heavy (non-hydrogen) atoms. The second-order valence-electron chi connectivity index (χ2n) is 4.78. The van der Waals surface area contributed by atoms with E-state index in [-0.39, 0.29) is 5.91 Å². The molecule has 108 valence electrons. The molecule has 0 spiro atoms. The maximum absolute atomic E-state index is 12.4. The van der Waals surface area contributed by atoms with Crippen molar-refractivity contribution >= 4 is 28.2 Å². The van der Waals surface area contributed by atoms with Gasteiger partial charge < -0.3 is 15.5 Å². The van der Waals surface area contributed by atoms with Crippen molar-refractivity contribution in [3.63, 3.8) is 0 Å². The third kappa shape index (κ3) is 3.05. The zero-order valence-electron chi connectivity index (χ0n) is 11.8. The summed E-state index contributed by atoms with van der Waals surface area (Å²) in [7, 11) is 0. The number of rotatable bonds is 4. The van der Waals surface area contributed by atoms with Crippen LogP contribution in [0.4, 0.5) is 10.9 Å². The fourth-order valence-electron chi connectivity index (χ4n) is 2.27. The average Bonchev–Trinajstić information content (AvgIpc) is 2.87. The number of carbonyl (C=O) groups is 1. The van der Waals surface area contributed by atoms with Gasteiger partial charge in [-0.2, -0.15) is 0 Å². The van der Waals surface area contributed by atoms with E-state index < -0.39 is 0 Å². The van der Waals surface area contributed by atoms with Crippen LogP contribution in [0.25, 0.3) is 0 Å². The predicted molar refractivity (Wildman–Crippen MR) is 83.0 cm³/mol. The molecule has 0 saturated carbocycles.